The monoisotopic (exact) mass is 395 g/mol. The predicted molar refractivity (Wildman–Crippen MR) is 109 cm³/mol. The zero-order valence-electron chi connectivity index (χ0n) is 14.4. The molecule has 0 radical (unpaired) electrons. The standard InChI is InChI=1S/C19H22ClN3O2.ClH/c20-14-6-8-15(9-7-14)25-12-10-22-19(24)13-23-11-2-3-16-17(21)4-1-5-18(16)23;/h1,4-9H,2-3,10-13,21H2,(H,22,24);1H. The third kappa shape index (κ3) is 5.19. The van der Waals surface area contributed by atoms with E-state index in [4.69, 9.17) is 22.1 Å². The van der Waals surface area contributed by atoms with Crippen LogP contribution >= 0.6 is 24.0 Å². The molecule has 2 aromatic carbocycles. The van der Waals surface area contributed by atoms with Gasteiger partial charge in [-0.3, -0.25) is 4.79 Å². The van der Waals surface area contributed by atoms with Crippen molar-refractivity contribution in [3.8, 4) is 5.75 Å². The highest BCUT2D eigenvalue weighted by molar-refractivity contribution is 6.30. The fraction of sp³-hybridized carbons (Fsp3) is 0.316. The van der Waals surface area contributed by atoms with Crippen molar-refractivity contribution in [3.63, 3.8) is 0 Å². The molecule has 7 heteroatoms. The average molecular weight is 396 g/mol. The van der Waals surface area contributed by atoms with Crippen LogP contribution in [0, 0.1) is 0 Å². The summed E-state index contributed by atoms with van der Waals surface area (Å²) in [7, 11) is 0. The van der Waals surface area contributed by atoms with Gasteiger partial charge in [-0.2, -0.15) is 0 Å². The van der Waals surface area contributed by atoms with Crippen LogP contribution in [-0.4, -0.2) is 32.1 Å². The van der Waals surface area contributed by atoms with E-state index in [0.717, 1.165) is 42.1 Å². The minimum atomic E-state index is -0.0185. The Balaban J connectivity index is 0.00000243. The van der Waals surface area contributed by atoms with Gasteiger partial charge in [0.05, 0.1) is 13.1 Å². The van der Waals surface area contributed by atoms with Gasteiger partial charge in [0, 0.05) is 22.9 Å². The van der Waals surface area contributed by atoms with Crippen LogP contribution < -0.4 is 20.7 Å². The van der Waals surface area contributed by atoms with E-state index in [1.807, 2.05) is 18.2 Å². The highest BCUT2D eigenvalue weighted by Gasteiger charge is 2.20. The molecule has 0 aromatic heterocycles. The highest BCUT2D eigenvalue weighted by atomic mass is 35.5. The van der Waals surface area contributed by atoms with E-state index in [-0.39, 0.29) is 18.3 Å². The lowest BCUT2D eigenvalue weighted by Gasteiger charge is -2.31. The van der Waals surface area contributed by atoms with Crippen LogP contribution in [0.2, 0.25) is 5.02 Å². The minimum absolute atomic E-state index is 0. The Bertz CT molecular complexity index is 738. The maximum atomic E-state index is 12.2. The summed E-state index contributed by atoms with van der Waals surface area (Å²) < 4.78 is 5.57. The lowest BCUT2D eigenvalue weighted by Crippen LogP contribution is -2.41. The normalized spacial score (nSPS) is 12.7. The summed E-state index contributed by atoms with van der Waals surface area (Å²) in [5, 5.41) is 3.56. The number of carbonyl (C=O) groups excluding carboxylic acids is 1. The maximum absolute atomic E-state index is 12.2. The number of halogens is 2. The maximum Gasteiger partial charge on any atom is 0.239 e. The first-order valence-corrected chi connectivity index (χ1v) is 8.78. The van der Waals surface area contributed by atoms with Crippen molar-refractivity contribution in [2.24, 2.45) is 0 Å². The Morgan fingerprint density at radius 3 is 2.77 bits per heavy atom. The van der Waals surface area contributed by atoms with Crippen molar-refractivity contribution in [1.82, 2.24) is 5.32 Å². The van der Waals surface area contributed by atoms with E-state index >= 15 is 0 Å². The van der Waals surface area contributed by atoms with Gasteiger partial charge in [-0.25, -0.2) is 0 Å². The van der Waals surface area contributed by atoms with Crippen molar-refractivity contribution in [2.45, 2.75) is 12.8 Å². The van der Waals surface area contributed by atoms with Crippen LogP contribution in [0.3, 0.4) is 0 Å². The molecule has 0 atom stereocenters. The number of hydrogen-bond donors (Lipinski definition) is 2. The summed E-state index contributed by atoms with van der Waals surface area (Å²) in [5.74, 6) is 0.717. The minimum Gasteiger partial charge on any atom is -0.492 e. The number of fused-ring (bicyclic) bond motifs is 1. The third-order valence-corrected chi connectivity index (χ3v) is 4.48. The summed E-state index contributed by atoms with van der Waals surface area (Å²) in [6, 6.07) is 13.0. The highest BCUT2D eigenvalue weighted by Crippen LogP contribution is 2.30. The Kier molecular flexibility index (Phi) is 7.42. The lowest BCUT2D eigenvalue weighted by molar-refractivity contribution is -0.119. The number of benzene rings is 2. The summed E-state index contributed by atoms with van der Waals surface area (Å²) >= 11 is 5.83. The molecule has 3 rings (SSSR count). The fourth-order valence-electron chi connectivity index (χ4n) is 3.01. The van der Waals surface area contributed by atoms with Gasteiger partial charge >= 0.3 is 0 Å². The van der Waals surface area contributed by atoms with Crippen molar-refractivity contribution in [2.75, 3.05) is 36.9 Å². The first-order chi connectivity index (χ1) is 12.1. The molecule has 140 valence electrons. The molecule has 1 aliphatic rings. The molecule has 3 N–H and O–H groups in total. The molecule has 0 spiro atoms. The number of anilines is 2. The van der Waals surface area contributed by atoms with Crippen LogP contribution in [0.4, 0.5) is 11.4 Å². The molecule has 5 nitrogen and oxygen atoms in total. The summed E-state index contributed by atoms with van der Waals surface area (Å²) in [5.41, 5.74) is 9.06. The molecular formula is C19H23Cl2N3O2. The van der Waals surface area contributed by atoms with E-state index in [2.05, 4.69) is 10.2 Å². The van der Waals surface area contributed by atoms with Gasteiger partial charge in [0.1, 0.15) is 12.4 Å². The summed E-state index contributed by atoms with van der Waals surface area (Å²) in [6.45, 7) is 2.07. The van der Waals surface area contributed by atoms with Gasteiger partial charge in [0.25, 0.3) is 0 Å². The van der Waals surface area contributed by atoms with Crippen LogP contribution in [0.25, 0.3) is 0 Å². The molecule has 0 unspecified atom stereocenters. The quantitative estimate of drug-likeness (QED) is 0.581. The number of amides is 1. The van der Waals surface area contributed by atoms with Gasteiger partial charge in [0.15, 0.2) is 0 Å². The van der Waals surface area contributed by atoms with E-state index in [1.165, 1.54) is 0 Å². The van der Waals surface area contributed by atoms with Gasteiger partial charge in [-0.1, -0.05) is 17.7 Å². The zero-order chi connectivity index (χ0) is 17.6. The van der Waals surface area contributed by atoms with Crippen LogP contribution in [-0.2, 0) is 11.2 Å². The molecule has 0 aliphatic carbocycles. The molecule has 0 saturated carbocycles. The molecule has 1 amide bonds. The van der Waals surface area contributed by atoms with E-state index in [9.17, 15) is 4.79 Å². The smallest absolute Gasteiger partial charge is 0.239 e. The molecule has 2 aromatic rings. The van der Waals surface area contributed by atoms with Crippen molar-refractivity contribution >= 4 is 41.3 Å². The molecule has 0 bridgehead atoms. The SMILES string of the molecule is Cl.Nc1cccc2c1CCCN2CC(=O)NCCOc1ccc(Cl)cc1. The van der Waals surface area contributed by atoms with E-state index < -0.39 is 0 Å². The Morgan fingerprint density at radius 1 is 1.23 bits per heavy atom. The third-order valence-electron chi connectivity index (χ3n) is 4.22. The lowest BCUT2D eigenvalue weighted by atomic mass is 10.00. The van der Waals surface area contributed by atoms with Crippen molar-refractivity contribution < 1.29 is 9.53 Å². The van der Waals surface area contributed by atoms with E-state index in [0.29, 0.717) is 24.7 Å². The predicted octanol–water partition coefficient (Wildman–Crippen LogP) is 3.29. The number of carbonyl (C=O) groups is 1. The van der Waals surface area contributed by atoms with Crippen molar-refractivity contribution in [3.05, 3.63) is 53.1 Å². The summed E-state index contributed by atoms with van der Waals surface area (Å²) in [6.07, 6.45) is 1.98. The fourth-order valence-corrected chi connectivity index (χ4v) is 3.14. The number of nitrogens with two attached hydrogens (primary N) is 1. The molecule has 1 aliphatic heterocycles. The van der Waals surface area contributed by atoms with Gasteiger partial charge in [-0.15, -0.1) is 12.4 Å². The Morgan fingerprint density at radius 2 is 2.00 bits per heavy atom. The van der Waals surface area contributed by atoms with Gasteiger partial charge < -0.3 is 20.7 Å². The number of hydrogen-bond acceptors (Lipinski definition) is 4. The molecule has 0 saturated heterocycles. The number of nitrogens with zero attached hydrogens (tertiary/aromatic N) is 1. The average Bonchev–Trinajstić information content (AvgIpc) is 2.61. The molecule has 1 heterocycles. The number of nitrogen functional groups attached to an aromatic ring is 1. The van der Waals surface area contributed by atoms with Crippen molar-refractivity contribution in [1.29, 1.82) is 0 Å². The second-order valence-electron chi connectivity index (χ2n) is 6.02. The largest absolute Gasteiger partial charge is 0.492 e. The Hall–Kier alpha value is -2.11. The van der Waals surface area contributed by atoms with Gasteiger partial charge in [0.2, 0.25) is 5.91 Å². The summed E-state index contributed by atoms with van der Waals surface area (Å²) in [4.78, 5) is 14.3. The van der Waals surface area contributed by atoms with Gasteiger partial charge in [-0.05, 0) is 54.8 Å². The van der Waals surface area contributed by atoms with Crippen LogP contribution in [0.5, 0.6) is 5.75 Å². The number of rotatable bonds is 6. The topological polar surface area (TPSA) is 67.6 Å². The molecule has 26 heavy (non-hydrogen) atoms. The number of ether oxygens (including phenoxy) is 1. The molecular weight excluding hydrogens is 373 g/mol. The zero-order valence-corrected chi connectivity index (χ0v) is 16.0. The number of nitrogens with one attached hydrogen (secondary N) is 1. The second kappa shape index (κ2) is 9.55. The second-order valence-corrected chi connectivity index (χ2v) is 6.46. The van der Waals surface area contributed by atoms with E-state index in [1.54, 1.807) is 24.3 Å². The Labute approximate surface area is 164 Å². The molecule has 0 fully saturated rings. The first kappa shape index (κ1) is 20.2. The van der Waals surface area contributed by atoms with Crippen LogP contribution in [0.1, 0.15) is 12.0 Å². The van der Waals surface area contributed by atoms with Crippen LogP contribution in [0.15, 0.2) is 42.5 Å². The first-order valence-electron chi connectivity index (χ1n) is 8.41.